The molecule has 1 heterocycles. The van der Waals surface area contributed by atoms with Crippen molar-refractivity contribution in [3.63, 3.8) is 0 Å². The van der Waals surface area contributed by atoms with Crippen LogP contribution < -0.4 is 5.32 Å². The first-order valence-electron chi connectivity index (χ1n) is 10.6. The number of benzene rings is 2. The lowest BCUT2D eigenvalue weighted by Crippen LogP contribution is -2.35. The topological polar surface area (TPSA) is 61.9 Å². The summed E-state index contributed by atoms with van der Waals surface area (Å²) in [5.41, 5.74) is 1.73. The number of amides is 2. The zero-order valence-corrected chi connectivity index (χ0v) is 19.1. The standard InChI is InChI=1S/C24H30ClN3O3/c1-24(2,3)31-23(30)26-21-7-4-6-19(16-21)22(29)28-13-5-12-27(14-15-28)17-18-8-10-20(25)11-9-18/h4,6-11,16H,5,12-15,17H2,1-3H3,(H,26,30). The minimum absolute atomic E-state index is 0.0267. The number of halogens is 1. The lowest BCUT2D eigenvalue weighted by atomic mass is 10.1. The van der Waals surface area contributed by atoms with Gasteiger partial charge in [-0.15, -0.1) is 0 Å². The molecule has 2 aromatic rings. The fourth-order valence-electron chi connectivity index (χ4n) is 3.51. The van der Waals surface area contributed by atoms with E-state index in [-0.39, 0.29) is 5.91 Å². The van der Waals surface area contributed by atoms with Crippen LogP contribution in [0.25, 0.3) is 0 Å². The second-order valence-corrected chi connectivity index (χ2v) is 9.19. The lowest BCUT2D eigenvalue weighted by molar-refractivity contribution is 0.0634. The predicted octanol–water partition coefficient (Wildman–Crippen LogP) is 5.04. The molecule has 2 aromatic carbocycles. The minimum Gasteiger partial charge on any atom is -0.444 e. The highest BCUT2D eigenvalue weighted by Crippen LogP contribution is 2.17. The molecule has 1 aliphatic heterocycles. The van der Waals surface area contributed by atoms with E-state index in [0.717, 1.165) is 31.1 Å². The van der Waals surface area contributed by atoms with E-state index in [1.54, 1.807) is 24.3 Å². The highest BCUT2D eigenvalue weighted by atomic mass is 35.5. The second-order valence-electron chi connectivity index (χ2n) is 8.76. The molecule has 0 aromatic heterocycles. The summed E-state index contributed by atoms with van der Waals surface area (Å²) in [4.78, 5) is 29.3. The van der Waals surface area contributed by atoms with Crippen molar-refractivity contribution < 1.29 is 14.3 Å². The van der Waals surface area contributed by atoms with Crippen LogP contribution in [0.5, 0.6) is 0 Å². The molecule has 1 aliphatic rings. The largest absolute Gasteiger partial charge is 0.444 e. The average molecular weight is 444 g/mol. The number of nitrogens with zero attached hydrogens (tertiary/aromatic N) is 2. The molecule has 1 saturated heterocycles. The van der Waals surface area contributed by atoms with Crippen molar-refractivity contribution in [3.8, 4) is 0 Å². The van der Waals surface area contributed by atoms with E-state index in [1.807, 2.05) is 49.9 Å². The summed E-state index contributed by atoms with van der Waals surface area (Å²) in [5.74, 6) is -0.0267. The number of hydrogen-bond donors (Lipinski definition) is 1. The van der Waals surface area contributed by atoms with Crippen LogP contribution in [0, 0.1) is 0 Å². The highest BCUT2D eigenvalue weighted by molar-refractivity contribution is 6.30. The van der Waals surface area contributed by atoms with Gasteiger partial charge in [-0.1, -0.05) is 29.8 Å². The van der Waals surface area contributed by atoms with Gasteiger partial charge in [-0.25, -0.2) is 4.79 Å². The molecule has 3 rings (SSSR count). The molecule has 0 atom stereocenters. The van der Waals surface area contributed by atoms with Crippen molar-refractivity contribution >= 4 is 29.3 Å². The first kappa shape index (κ1) is 23.1. The number of carbonyl (C=O) groups excluding carboxylic acids is 2. The maximum atomic E-state index is 13.1. The van der Waals surface area contributed by atoms with Crippen LogP contribution in [0.15, 0.2) is 48.5 Å². The van der Waals surface area contributed by atoms with Gasteiger partial charge >= 0.3 is 6.09 Å². The van der Waals surface area contributed by atoms with Gasteiger partial charge in [0.25, 0.3) is 5.91 Å². The van der Waals surface area contributed by atoms with E-state index in [2.05, 4.69) is 10.2 Å². The van der Waals surface area contributed by atoms with Crippen molar-refractivity contribution in [2.75, 3.05) is 31.5 Å². The molecule has 0 aliphatic carbocycles. The van der Waals surface area contributed by atoms with E-state index < -0.39 is 11.7 Å². The van der Waals surface area contributed by atoms with Gasteiger partial charge < -0.3 is 9.64 Å². The van der Waals surface area contributed by atoms with Crippen molar-refractivity contribution in [1.29, 1.82) is 0 Å². The maximum absolute atomic E-state index is 13.1. The first-order chi connectivity index (χ1) is 14.7. The van der Waals surface area contributed by atoms with Crippen LogP contribution in [0.4, 0.5) is 10.5 Å². The smallest absolute Gasteiger partial charge is 0.412 e. The van der Waals surface area contributed by atoms with E-state index in [9.17, 15) is 9.59 Å². The summed E-state index contributed by atoms with van der Waals surface area (Å²) in [5, 5.41) is 3.43. The summed E-state index contributed by atoms with van der Waals surface area (Å²) in [6.07, 6.45) is 0.375. The van der Waals surface area contributed by atoms with Gasteiger partial charge in [0, 0.05) is 49.0 Å². The van der Waals surface area contributed by atoms with E-state index >= 15 is 0 Å². The van der Waals surface area contributed by atoms with Gasteiger partial charge in [0.05, 0.1) is 0 Å². The molecule has 1 fully saturated rings. The molecule has 0 saturated carbocycles. The summed E-state index contributed by atoms with van der Waals surface area (Å²) < 4.78 is 5.28. The van der Waals surface area contributed by atoms with Crippen molar-refractivity contribution in [2.45, 2.75) is 39.3 Å². The number of carbonyl (C=O) groups is 2. The molecular formula is C24H30ClN3O3. The molecule has 7 heteroatoms. The van der Waals surface area contributed by atoms with Crippen LogP contribution >= 0.6 is 11.6 Å². The van der Waals surface area contributed by atoms with Crippen molar-refractivity contribution in [2.24, 2.45) is 0 Å². The van der Waals surface area contributed by atoms with Gasteiger partial charge in [-0.05, 0) is 63.1 Å². The highest BCUT2D eigenvalue weighted by Gasteiger charge is 2.21. The molecule has 1 N–H and O–H groups in total. The van der Waals surface area contributed by atoms with Gasteiger partial charge in [-0.3, -0.25) is 15.0 Å². The van der Waals surface area contributed by atoms with Crippen LogP contribution in [0.1, 0.15) is 43.1 Å². The molecule has 0 bridgehead atoms. The average Bonchev–Trinajstić information content (AvgIpc) is 2.93. The van der Waals surface area contributed by atoms with Crippen LogP contribution in [0.3, 0.4) is 0 Å². The van der Waals surface area contributed by atoms with E-state index in [4.69, 9.17) is 16.3 Å². The van der Waals surface area contributed by atoms with E-state index in [1.165, 1.54) is 5.56 Å². The monoisotopic (exact) mass is 443 g/mol. The normalized spacial score (nSPS) is 15.3. The molecule has 0 unspecified atom stereocenters. The number of anilines is 1. The van der Waals surface area contributed by atoms with Gasteiger partial charge in [0.1, 0.15) is 5.60 Å². The zero-order chi connectivity index (χ0) is 22.4. The molecule has 0 radical (unpaired) electrons. The molecule has 6 nitrogen and oxygen atoms in total. The first-order valence-corrected chi connectivity index (χ1v) is 10.9. The fraction of sp³-hybridized carbons (Fsp3) is 0.417. The third-order valence-electron chi connectivity index (χ3n) is 4.95. The summed E-state index contributed by atoms with van der Waals surface area (Å²) >= 11 is 5.97. The number of rotatable bonds is 4. The maximum Gasteiger partial charge on any atom is 0.412 e. The Balaban J connectivity index is 1.58. The lowest BCUT2D eigenvalue weighted by Gasteiger charge is -2.22. The molecular weight excluding hydrogens is 414 g/mol. The molecule has 0 spiro atoms. The Bertz CT molecular complexity index is 909. The SMILES string of the molecule is CC(C)(C)OC(=O)Nc1cccc(C(=O)N2CCCN(Cc3ccc(Cl)cc3)CC2)c1. The van der Waals surface area contributed by atoms with Crippen molar-refractivity contribution in [1.82, 2.24) is 9.80 Å². The third kappa shape index (κ3) is 7.26. The van der Waals surface area contributed by atoms with Crippen LogP contribution in [-0.2, 0) is 11.3 Å². The number of nitrogens with one attached hydrogen (secondary N) is 1. The number of ether oxygens (including phenoxy) is 1. The van der Waals surface area contributed by atoms with E-state index in [0.29, 0.717) is 24.3 Å². The number of hydrogen-bond acceptors (Lipinski definition) is 4. The Morgan fingerprint density at radius 1 is 1.03 bits per heavy atom. The van der Waals surface area contributed by atoms with Gasteiger partial charge in [0.2, 0.25) is 0 Å². The Morgan fingerprint density at radius 3 is 2.48 bits per heavy atom. The summed E-state index contributed by atoms with van der Waals surface area (Å²) in [6, 6.07) is 14.9. The molecule has 31 heavy (non-hydrogen) atoms. The quantitative estimate of drug-likeness (QED) is 0.719. The summed E-state index contributed by atoms with van der Waals surface area (Å²) in [7, 11) is 0. The van der Waals surface area contributed by atoms with Gasteiger partial charge in [-0.2, -0.15) is 0 Å². The molecule has 2 amide bonds. The van der Waals surface area contributed by atoms with Gasteiger partial charge in [0.15, 0.2) is 0 Å². The minimum atomic E-state index is -0.582. The van der Waals surface area contributed by atoms with Crippen molar-refractivity contribution in [3.05, 3.63) is 64.7 Å². The second kappa shape index (κ2) is 10.2. The Labute approximate surface area is 189 Å². The van der Waals surface area contributed by atoms with Crippen LogP contribution in [-0.4, -0.2) is 53.6 Å². The zero-order valence-electron chi connectivity index (χ0n) is 18.4. The fourth-order valence-corrected chi connectivity index (χ4v) is 3.64. The van der Waals surface area contributed by atoms with Crippen LogP contribution in [0.2, 0.25) is 5.02 Å². The predicted molar refractivity (Wildman–Crippen MR) is 124 cm³/mol. The Kier molecular flexibility index (Phi) is 7.57. The Morgan fingerprint density at radius 2 is 1.77 bits per heavy atom. The third-order valence-corrected chi connectivity index (χ3v) is 5.20. The Hall–Kier alpha value is -2.57. The molecule has 166 valence electrons. The summed E-state index contributed by atoms with van der Waals surface area (Å²) in [6.45, 7) is 9.38.